The van der Waals surface area contributed by atoms with Gasteiger partial charge in [-0.15, -0.1) is 5.10 Å². The van der Waals surface area contributed by atoms with E-state index < -0.39 is 16.0 Å². The van der Waals surface area contributed by atoms with Crippen molar-refractivity contribution in [2.24, 2.45) is 7.05 Å². The minimum absolute atomic E-state index is 0.00630. The number of sulfonamides is 1. The molecule has 0 bridgehead atoms. The Balaban J connectivity index is 2.51. The summed E-state index contributed by atoms with van der Waals surface area (Å²) in [6.07, 6.45) is 1.09. The number of nitrogens with zero attached hydrogens (tertiary/aromatic N) is 3. The summed E-state index contributed by atoms with van der Waals surface area (Å²) in [4.78, 5) is 11.3. The van der Waals surface area contributed by atoms with Gasteiger partial charge in [-0.05, 0) is 37.1 Å². The summed E-state index contributed by atoms with van der Waals surface area (Å²) in [7, 11) is -2.53. The van der Waals surface area contributed by atoms with E-state index >= 15 is 0 Å². The molecule has 0 spiro atoms. The van der Waals surface area contributed by atoms with Crippen LogP contribution >= 0.6 is 0 Å². The lowest BCUT2D eigenvalue weighted by molar-refractivity contribution is 0.0698. The van der Waals surface area contributed by atoms with Gasteiger partial charge in [-0.1, -0.05) is 5.21 Å². The molecule has 0 fully saturated rings. The molecule has 9 heteroatoms. The van der Waals surface area contributed by atoms with E-state index in [1.807, 2.05) is 0 Å². The molecule has 0 atom stereocenters. The Labute approximate surface area is 121 Å². The quantitative estimate of drug-likeness (QED) is 0.868. The van der Waals surface area contributed by atoms with E-state index in [4.69, 9.17) is 0 Å². The molecule has 21 heavy (non-hydrogen) atoms. The van der Waals surface area contributed by atoms with E-state index in [1.165, 1.54) is 19.2 Å². The van der Waals surface area contributed by atoms with Crippen LogP contribution in [0.3, 0.4) is 0 Å². The Morgan fingerprint density at radius 1 is 1.29 bits per heavy atom. The van der Waals surface area contributed by atoms with Crippen LogP contribution in [-0.4, -0.2) is 34.5 Å². The van der Waals surface area contributed by atoms with Gasteiger partial charge in [-0.2, -0.15) is 8.42 Å². The molecule has 112 valence electrons. The molecular formula is C12H14N4O4S. The number of hydrogen-bond donors (Lipinski definition) is 2. The Hall–Kier alpha value is -2.42. The molecule has 0 amide bonds. The highest BCUT2D eigenvalue weighted by atomic mass is 32.2. The third kappa shape index (κ3) is 2.87. The molecule has 0 aliphatic rings. The van der Waals surface area contributed by atoms with Crippen LogP contribution in [0.5, 0.6) is 0 Å². The van der Waals surface area contributed by atoms with Crippen molar-refractivity contribution in [3.8, 4) is 0 Å². The number of hydrogen-bond acceptors (Lipinski definition) is 5. The fraction of sp³-hybridized carbons (Fsp3) is 0.250. The van der Waals surface area contributed by atoms with Crippen molar-refractivity contribution < 1.29 is 18.3 Å². The lowest BCUT2D eigenvalue weighted by Crippen LogP contribution is -2.18. The van der Waals surface area contributed by atoms with Gasteiger partial charge in [0.1, 0.15) is 0 Å². The van der Waals surface area contributed by atoms with Gasteiger partial charge < -0.3 is 5.11 Å². The number of aryl methyl sites for hydroxylation is 3. The largest absolute Gasteiger partial charge is 0.478 e. The van der Waals surface area contributed by atoms with Gasteiger partial charge in [0.05, 0.1) is 17.4 Å². The third-order valence-electron chi connectivity index (χ3n) is 3.06. The fourth-order valence-electron chi connectivity index (χ4n) is 1.80. The van der Waals surface area contributed by atoms with Crippen molar-refractivity contribution in [3.05, 3.63) is 35.0 Å². The molecule has 0 saturated carbocycles. The maximum atomic E-state index is 12.2. The van der Waals surface area contributed by atoms with E-state index in [2.05, 4.69) is 15.0 Å². The van der Waals surface area contributed by atoms with Gasteiger partial charge in [-0.3, -0.25) is 4.72 Å². The van der Waals surface area contributed by atoms with Gasteiger partial charge in [-0.25, -0.2) is 9.48 Å². The maximum Gasteiger partial charge on any atom is 0.337 e. The molecule has 0 saturated heterocycles. The highest BCUT2D eigenvalue weighted by molar-refractivity contribution is 7.92. The third-order valence-corrected chi connectivity index (χ3v) is 4.47. The first-order valence-electron chi connectivity index (χ1n) is 5.94. The summed E-state index contributed by atoms with van der Waals surface area (Å²) in [5.41, 5.74) is 1.43. The van der Waals surface area contributed by atoms with Crippen molar-refractivity contribution in [2.45, 2.75) is 18.9 Å². The zero-order valence-corrected chi connectivity index (χ0v) is 12.5. The number of benzene rings is 1. The second kappa shape index (κ2) is 5.17. The molecule has 0 aliphatic heterocycles. The van der Waals surface area contributed by atoms with E-state index in [-0.39, 0.29) is 16.3 Å². The topological polar surface area (TPSA) is 114 Å². The van der Waals surface area contributed by atoms with Crippen molar-refractivity contribution >= 4 is 21.7 Å². The molecule has 2 aromatic rings. The van der Waals surface area contributed by atoms with E-state index in [1.54, 1.807) is 13.8 Å². The smallest absolute Gasteiger partial charge is 0.337 e. The number of rotatable bonds is 4. The van der Waals surface area contributed by atoms with Gasteiger partial charge in [0.15, 0.2) is 5.03 Å². The molecule has 0 radical (unpaired) electrons. The van der Waals surface area contributed by atoms with Crippen LogP contribution in [0.1, 0.15) is 21.5 Å². The first kappa shape index (κ1) is 15.0. The maximum absolute atomic E-state index is 12.2. The molecule has 0 unspecified atom stereocenters. The predicted molar refractivity (Wildman–Crippen MR) is 74.7 cm³/mol. The Morgan fingerprint density at radius 2 is 1.90 bits per heavy atom. The minimum Gasteiger partial charge on any atom is -0.478 e. The fourth-order valence-corrected chi connectivity index (χ4v) is 2.93. The number of carbonyl (C=O) groups is 1. The molecule has 1 aromatic heterocycles. The van der Waals surface area contributed by atoms with Gasteiger partial charge in [0, 0.05) is 7.05 Å². The minimum atomic E-state index is -3.96. The summed E-state index contributed by atoms with van der Waals surface area (Å²) in [5, 5.41) is 16.1. The molecule has 1 heterocycles. The number of nitrogens with one attached hydrogen (secondary N) is 1. The second-order valence-electron chi connectivity index (χ2n) is 4.59. The highest BCUT2D eigenvalue weighted by Gasteiger charge is 2.22. The monoisotopic (exact) mass is 310 g/mol. The van der Waals surface area contributed by atoms with Crippen molar-refractivity contribution in [1.82, 2.24) is 15.0 Å². The van der Waals surface area contributed by atoms with Crippen LogP contribution in [0.2, 0.25) is 0 Å². The normalized spacial score (nSPS) is 11.4. The molecule has 0 aliphatic carbocycles. The van der Waals surface area contributed by atoms with Crippen molar-refractivity contribution in [3.63, 3.8) is 0 Å². The number of aromatic nitrogens is 3. The van der Waals surface area contributed by atoms with E-state index in [0.717, 1.165) is 22.0 Å². The predicted octanol–water partition coefficient (Wildman–Crippen LogP) is 0.931. The van der Waals surface area contributed by atoms with Crippen LogP contribution in [0.15, 0.2) is 23.4 Å². The standard InChI is InChI=1S/C12H14N4O4S/c1-7-4-9(12(17)18)10(5-8(7)2)14-21(19,20)11-6-13-15-16(11)3/h4-6,14H,1-3H3,(H,17,18). The van der Waals surface area contributed by atoms with E-state index in [9.17, 15) is 18.3 Å². The summed E-state index contributed by atoms with van der Waals surface area (Å²) in [5.74, 6) is -1.21. The zero-order valence-electron chi connectivity index (χ0n) is 11.7. The first-order valence-corrected chi connectivity index (χ1v) is 7.42. The average molecular weight is 310 g/mol. The first-order chi connectivity index (χ1) is 9.72. The molecule has 8 nitrogen and oxygen atoms in total. The average Bonchev–Trinajstić information content (AvgIpc) is 2.80. The van der Waals surface area contributed by atoms with Gasteiger partial charge >= 0.3 is 5.97 Å². The molecule has 2 rings (SSSR count). The number of carboxylic acids is 1. The number of carboxylic acid groups (broad SMARTS) is 1. The number of aromatic carboxylic acids is 1. The second-order valence-corrected chi connectivity index (χ2v) is 6.22. The van der Waals surface area contributed by atoms with Gasteiger partial charge in [0.2, 0.25) is 0 Å². The van der Waals surface area contributed by atoms with Gasteiger partial charge in [0.25, 0.3) is 10.0 Å². The zero-order chi connectivity index (χ0) is 15.8. The summed E-state index contributed by atoms with van der Waals surface area (Å²) in [6, 6.07) is 2.91. The summed E-state index contributed by atoms with van der Waals surface area (Å²) >= 11 is 0. The Kier molecular flexibility index (Phi) is 3.69. The number of anilines is 1. The van der Waals surface area contributed by atoms with Crippen molar-refractivity contribution in [1.29, 1.82) is 0 Å². The summed E-state index contributed by atoms with van der Waals surface area (Å²) in [6.45, 7) is 3.52. The lowest BCUT2D eigenvalue weighted by Gasteiger charge is -2.12. The highest BCUT2D eigenvalue weighted by Crippen LogP contribution is 2.23. The Bertz CT molecular complexity index is 811. The van der Waals surface area contributed by atoms with E-state index in [0.29, 0.717) is 0 Å². The van der Waals surface area contributed by atoms with Crippen LogP contribution in [0.25, 0.3) is 0 Å². The molecular weight excluding hydrogens is 296 g/mol. The van der Waals surface area contributed by atoms with Crippen LogP contribution < -0.4 is 4.72 Å². The molecule has 1 aromatic carbocycles. The summed E-state index contributed by atoms with van der Waals surface area (Å²) < 4.78 is 27.9. The Morgan fingerprint density at radius 3 is 2.43 bits per heavy atom. The van der Waals surface area contributed by atoms with Crippen LogP contribution in [0.4, 0.5) is 5.69 Å². The van der Waals surface area contributed by atoms with Crippen LogP contribution in [-0.2, 0) is 17.1 Å². The lowest BCUT2D eigenvalue weighted by atomic mass is 10.0. The van der Waals surface area contributed by atoms with Crippen LogP contribution in [0, 0.1) is 13.8 Å². The van der Waals surface area contributed by atoms with Crippen molar-refractivity contribution in [2.75, 3.05) is 4.72 Å². The molecule has 2 N–H and O–H groups in total. The SMILES string of the molecule is Cc1cc(NS(=O)(=O)c2cnnn2C)c(C(=O)O)cc1C.